The Hall–Kier alpha value is -2.25. The molecule has 0 unspecified atom stereocenters. The normalized spacial score (nSPS) is 10.1. The number of anilines is 1. The van der Waals surface area contributed by atoms with Crippen LogP contribution in [0.5, 0.6) is 5.75 Å². The van der Waals surface area contributed by atoms with Gasteiger partial charge >= 0.3 is 12.0 Å². The van der Waals surface area contributed by atoms with Crippen LogP contribution in [0.1, 0.15) is 15.2 Å². The second-order valence-electron chi connectivity index (χ2n) is 4.05. The van der Waals surface area contributed by atoms with Crippen LogP contribution in [0, 0.1) is 0 Å². The van der Waals surface area contributed by atoms with Gasteiger partial charge in [-0.3, -0.25) is 0 Å². The van der Waals surface area contributed by atoms with E-state index in [1.165, 1.54) is 29.5 Å². The van der Waals surface area contributed by atoms with Crippen molar-refractivity contribution in [1.82, 2.24) is 5.32 Å². The molecule has 1 heterocycles. The van der Waals surface area contributed by atoms with Gasteiger partial charge in [0.1, 0.15) is 11.3 Å². The fraction of sp³-hybridized carbons (Fsp3) is 0.0769. The topological polar surface area (TPSA) is 98.7 Å². The van der Waals surface area contributed by atoms with Gasteiger partial charge in [0.05, 0.1) is 10.9 Å². The van der Waals surface area contributed by atoms with Crippen molar-refractivity contribution in [2.24, 2.45) is 0 Å². The van der Waals surface area contributed by atoms with E-state index >= 15 is 0 Å². The molecule has 0 aliphatic rings. The van der Waals surface area contributed by atoms with E-state index in [9.17, 15) is 14.7 Å². The minimum atomic E-state index is -1.24. The number of benzene rings is 1. The molecule has 6 nitrogen and oxygen atoms in total. The zero-order valence-corrected chi connectivity index (χ0v) is 12.2. The highest BCUT2D eigenvalue weighted by molar-refractivity contribution is 7.16. The molecule has 0 aliphatic carbocycles. The lowest BCUT2D eigenvalue weighted by Gasteiger charge is -2.08. The van der Waals surface area contributed by atoms with Gasteiger partial charge < -0.3 is 20.8 Å². The Balaban J connectivity index is 1.93. The summed E-state index contributed by atoms with van der Waals surface area (Å²) < 4.78 is 0.640. The highest BCUT2D eigenvalue weighted by Gasteiger charge is 2.11. The maximum Gasteiger partial charge on any atom is 0.339 e. The molecule has 1 aromatic carbocycles. The lowest BCUT2D eigenvalue weighted by Crippen LogP contribution is -2.27. The number of phenols is 1. The number of hydrogen-bond donors (Lipinski definition) is 4. The van der Waals surface area contributed by atoms with Crippen molar-refractivity contribution in [3.8, 4) is 5.75 Å². The van der Waals surface area contributed by atoms with Gasteiger partial charge in [-0.15, -0.1) is 11.3 Å². The number of carboxylic acid groups (broad SMARTS) is 1. The average molecular weight is 327 g/mol. The van der Waals surface area contributed by atoms with Crippen molar-refractivity contribution in [2.75, 3.05) is 5.32 Å². The standard InChI is InChI=1S/C13H11ClN2O4S/c14-11-4-2-8(21-11)6-15-13(20)16-7-1-3-9(12(18)19)10(17)5-7/h1-5,17H,6H2,(H,18,19)(H2,15,16,20). The number of carbonyl (C=O) groups excluding carboxylic acids is 1. The third-order valence-corrected chi connectivity index (χ3v) is 3.77. The fourth-order valence-corrected chi connectivity index (χ4v) is 2.61. The number of thiophene rings is 1. The molecule has 8 heteroatoms. The third-order valence-electron chi connectivity index (χ3n) is 2.54. The molecule has 1 aromatic heterocycles. The summed E-state index contributed by atoms with van der Waals surface area (Å²) in [5.74, 6) is -1.65. The van der Waals surface area contributed by atoms with Gasteiger partial charge in [-0.05, 0) is 24.3 Å². The maximum absolute atomic E-state index is 11.7. The van der Waals surface area contributed by atoms with E-state index in [0.717, 1.165) is 4.88 Å². The van der Waals surface area contributed by atoms with E-state index in [1.807, 2.05) is 0 Å². The molecule has 4 N–H and O–H groups in total. The van der Waals surface area contributed by atoms with Crippen LogP contribution < -0.4 is 10.6 Å². The molecular weight excluding hydrogens is 316 g/mol. The second kappa shape index (κ2) is 6.47. The minimum absolute atomic E-state index is 0.228. The Labute approximate surface area is 129 Å². The van der Waals surface area contributed by atoms with Gasteiger partial charge in [0, 0.05) is 16.6 Å². The maximum atomic E-state index is 11.7. The van der Waals surface area contributed by atoms with Crippen molar-refractivity contribution in [3.63, 3.8) is 0 Å². The summed E-state index contributed by atoms with van der Waals surface area (Å²) in [6, 6.07) is 6.86. The summed E-state index contributed by atoms with van der Waals surface area (Å²) in [5, 5.41) is 23.4. The molecule has 0 aliphatic heterocycles. The first-order chi connectivity index (χ1) is 9.95. The predicted octanol–water partition coefficient (Wildman–Crippen LogP) is 3.13. The molecule has 110 valence electrons. The number of hydrogen-bond acceptors (Lipinski definition) is 4. The zero-order chi connectivity index (χ0) is 15.4. The lowest BCUT2D eigenvalue weighted by atomic mass is 10.2. The number of amides is 2. The Morgan fingerprint density at radius 3 is 2.57 bits per heavy atom. The van der Waals surface area contributed by atoms with Crippen molar-refractivity contribution in [1.29, 1.82) is 0 Å². The van der Waals surface area contributed by atoms with Gasteiger partial charge in [0.15, 0.2) is 0 Å². The van der Waals surface area contributed by atoms with Crippen LogP contribution >= 0.6 is 22.9 Å². The van der Waals surface area contributed by atoms with Crippen molar-refractivity contribution < 1.29 is 19.8 Å². The molecule has 0 spiro atoms. The highest BCUT2D eigenvalue weighted by Crippen LogP contribution is 2.22. The van der Waals surface area contributed by atoms with Crippen molar-refractivity contribution in [2.45, 2.75) is 6.54 Å². The molecule has 21 heavy (non-hydrogen) atoms. The molecule has 0 atom stereocenters. The van der Waals surface area contributed by atoms with E-state index < -0.39 is 17.7 Å². The van der Waals surface area contributed by atoms with Gasteiger partial charge in [-0.2, -0.15) is 0 Å². The zero-order valence-electron chi connectivity index (χ0n) is 10.6. The Kier molecular flexibility index (Phi) is 4.66. The molecular formula is C13H11ClN2O4S. The second-order valence-corrected chi connectivity index (χ2v) is 5.85. The molecule has 0 fully saturated rings. The van der Waals surface area contributed by atoms with Gasteiger partial charge in [-0.25, -0.2) is 9.59 Å². The smallest absolute Gasteiger partial charge is 0.339 e. The molecule has 0 radical (unpaired) electrons. The van der Waals surface area contributed by atoms with Crippen LogP contribution in [-0.4, -0.2) is 22.2 Å². The van der Waals surface area contributed by atoms with E-state index in [1.54, 1.807) is 12.1 Å². The first-order valence-corrected chi connectivity index (χ1v) is 7.00. The molecule has 0 saturated carbocycles. The Bertz CT molecular complexity index is 687. The first-order valence-electron chi connectivity index (χ1n) is 5.81. The van der Waals surface area contributed by atoms with Gasteiger partial charge in [0.2, 0.25) is 0 Å². The molecule has 0 bridgehead atoms. The Morgan fingerprint density at radius 1 is 1.24 bits per heavy atom. The number of aromatic carboxylic acids is 1. The number of urea groups is 1. The van der Waals surface area contributed by atoms with Gasteiger partial charge in [-0.1, -0.05) is 11.6 Å². The monoisotopic (exact) mass is 326 g/mol. The van der Waals surface area contributed by atoms with Crippen LogP contribution in [0.2, 0.25) is 4.34 Å². The number of aromatic hydroxyl groups is 1. The van der Waals surface area contributed by atoms with E-state index in [-0.39, 0.29) is 5.56 Å². The van der Waals surface area contributed by atoms with Crippen LogP contribution in [-0.2, 0) is 6.54 Å². The Morgan fingerprint density at radius 2 is 2.00 bits per heavy atom. The summed E-state index contributed by atoms with van der Waals surface area (Å²) in [7, 11) is 0. The number of nitrogens with one attached hydrogen (secondary N) is 2. The fourth-order valence-electron chi connectivity index (χ4n) is 1.58. The summed E-state index contributed by atoms with van der Waals surface area (Å²) in [6.07, 6.45) is 0. The summed E-state index contributed by atoms with van der Waals surface area (Å²) in [4.78, 5) is 23.3. The molecule has 2 rings (SSSR count). The number of halogens is 1. The van der Waals surface area contributed by atoms with Crippen LogP contribution in [0.3, 0.4) is 0 Å². The minimum Gasteiger partial charge on any atom is -0.507 e. The van der Waals surface area contributed by atoms with Crippen molar-refractivity contribution >= 4 is 40.6 Å². The molecule has 2 aromatic rings. The summed E-state index contributed by atoms with van der Waals surface area (Å²) >= 11 is 7.14. The number of rotatable bonds is 4. The predicted molar refractivity (Wildman–Crippen MR) is 80.3 cm³/mol. The van der Waals surface area contributed by atoms with Crippen LogP contribution in [0.4, 0.5) is 10.5 Å². The quantitative estimate of drug-likeness (QED) is 0.693. The highest BCUT2D eigenvalue weighted by atomic mass is 35.5. The number of carboxylic acids is 1. The van der Waals surface area contributed by atoms with Crippen molar-refractivity contribution in [3.05, 3.63) is 45.1 Å². The molecule has 2 amide bonds. The largest absolute Gasteiger partial charge is 0.507 e. The van der Waals surface area contributed by atoms with Crippen LogP contribution in [0.15, 0.2) is 30.3 Å². The van der Waals surface area contributed by atoms with E-state index in [2.05, 4.69) is 10.6 Å². The lowest BCUT2D eigenvalue weighted by molar-refractivity contribution is 0.0694. The number of carbonyl (C=O) groups is 2. The molecule has 0 saturated heterocycles. The summed E-state index contributed by atoms with van der Waals surface area (Å²) in [5.41, 5.74) is 0.0633. The van der Waals surface area contributed by atoms with Crippen LogP contribution in [0.25, 0.3) is 0 Å². The third kappa shape index (κ3) is 4.11. The first kappa shape index (κ1) is 15.1. The SMILES string of the molecule is O=C(NCc1ccc(Cl)s1)Nc1ccc(C(=O)O)c(O)c1. The van der Waals surface area contributed by atoms with E-state index in [4.69, 9.17) is 16.7 Å². The summed E-state index contributed by atoms with van der Waals surface area (Å²) in [6.45, 7) is 0.322. The van der Waals surface area contributed by atoms with E-state index in [0.29, 0.717) is 16.6 Å². The average Bonchev–Trinajstić information content (AvgIpc) is 2.82. The van der Waals surface area contributed by atoms with Gasteiger partial charge in [0.25, 0.3) is 0 Å².